The number of hydrogen-bond donors (Lipinski definition) is 1. The van der Waals surface area contributed by atoms with Crippen molar-refractivity contribution in [2.45, 2.75) is 23.8 Å². The average Bonchev–Trinajstić information content (AvgIpc) is 3.19. The molecule has 0 saturated heterocycles. The molecule has 20 heavy (non-hydrogen) atoms. The minimum atomic E-state index is -3.90. The van der Waals surface area contributed by atoms with Crippen LogP contribution >= 0.6 is 15.9 Å². The molecule has 6 nitrogen and oxygen atoms in total. The van der Waals surface area contributed by atoms with Crippen molar-refractivity contribution in [1.82, 2.24) is 4.31 Å². The Morgan fingerprint density at radius 1 is 1.50 bits per heavy atom. The van der Waals surface area contributed by atoms with E-state index >= 15 is 0 Å². The summed E-state index contributed by atoms with van der Waals surface area (Å²) in [7, 11) is -2.52. The van der Waals surface area contributed by atoms with E-state index in [1.165, 1.54) is 19.2 Å². The normalized spacial score (nSPS) is 15.3. The van der Waals surface area contributed by atoms with Crippen molar-refractivity contribution in [3.63, 3.8) is 0 Å². The van der Waals surface area contributed by atoms with Crippen molar-refractivity contribution in [3.8, 4) is 5.75 Å². The molecule has 0 amide bonds. The zero-order valence-electron chi connectivity index (χ0n) is 10.7. The molecule has 1 aromatic carbocycles. The molecule has 1 aromatic rings. The molecule has 0 atom stereocenters. The summed E-state index contributed by atoms with van der Waals surface area (Å²) in [4.78, 5) is 10.9. The lowest BCUT2D eigenvalue weighted by Crippen LogP contribution is -2.37. The van der Waals surface area contributed by atoms with E-state index in [9.17, 15) is 13.2 Å². The molecule has 8 heteroatoms. The first-order valence-electron chi connectivity index (χ1n) is 5.93. The fourth-order valence-corrected chi connectivity index (χ4v) is 4.22. The van der Waals surface area contributed by atoms with E-state index in [0.29, 0.717) is 17.3 Å². The first-order chi connectivity index (χ1) is 9.36. The number of aliphatic carboxylic acids is 1. The molecule has 0 spiro atoms. The number of rotatable bonds is 6. The van der Waals surface area contributed by atoms with Crippen LogP contribution in [0.1, 0.15) is 12.8 Å². The van der Waals surface area contributed by atoms with Crippen LogP contribution in [0.3, 0.4) is 0 Å². The molecule has 0 bridgehead atoms. The maximum Gasteiger partial charge on any atom is 0.318 e. The highest BCUT2D eigenvalue weighted by Gasteiger charge is 2.40. The predicted molar refractivity (Wildman–Crippen MR) is 75.2 cm³/mol. The summed E-state index contributed by atoms with van der Waals surface area (Å²) < 4.78 is 32.0. The van der Waals surface area contributed by atoms with Gasteiger partial charge in [0.05, 0.1) is 7.11 Å². The van der Waals surface area contributed by atoms with Crippen molar-refractivity contribution in [2.24, 2.45) is 0 Å². The first-order valence-corrected chi connectivity index (χ1v) is 8.16. The minimum absolute atomic E-state index is 0.0254. The van der Waals surface area contributed by atoms with Crippen LogP contribution in [0, 0.1) is 0 Å². The summed E-state index contributed by atoms with van der Waals surface area (Å²) in [5.74, 6) is -0.973. The fraction of sp³-hybridized carbons (Fsp3) is 0.417. The zero-order chi connectivity index (χ0) is 14.9. The topological polar surface area (TPSA) is 83.9 Å². The van der Waals surface area contributed by atoms with E-state index in [-0.39, 0.29) is 16.7 Å². The van der Waals surface area contributed by atoms with Gasteiger partial charge in [-0.3, -0.25) is 4.79 Å². The quantitative estimate of drug-likeness (QED) is 0.831. The first kappa shape index (κ1) is 15.3. The molecule has 0 aliphatic heterocycles. The Balaban J connectivity index is 2.47. The lowest BCUT2D eigenvalue weighted by atomic mass is 10.3. The molecular formula is C12H14BrNO5S. The fourth-order valence-electron chi connectivity index (χ4n) is 1.88. The molecule has 1 aliphatic rings. The summed E-state index contributed by atoms with van der Waals surface area (Å²) in [6, 6.07) is 4.38. The van der Waals surface area contributed by atoms with E-state index in [1.807, 2.05) is 0 Å². The van der Waals surface area contributed by atoms with E-state index < -0.39 is 22.5 Å². The summed E-state index contributed by atoms with van der Waals surface area (Å²) in [5, 5.41) is 8.91. The third-order valence-electron chi connectivity index (χ3n) is 2.96. The smallest absolute Gasteiger partial charge is 0.318 e. The molecule has 1 N–H and O–H groups in total. The monoisotopic (exact) mass is 363 g/mol. The largest absolute Gasteiger partial charge is 0.495 e. The van der Waals surface area contributed by atoms with Crippen LogP contribution in [0.25, 0.3) is 0 Å². The number of carboxylic acid groups (broad SMARTS) is 1. The molecule has 1 aliphatic carbocycles. The van der Waals surface area contributed by atoms with Crippen molar-refractivity contribution in [1.29, 1.82) is 0 Å². The minimum Gasteiger partial charge on any atom is -0.495 e. The third kappa shape index (κ3) is 3.13. The van der Waals surface area contributed by atoms with Gasteiger partial charge in [-0.1, -0.05) is 15.9 Å². The van der Waals surface area contributed by atoms with Crippen LogP contribution in [-0.2, 0) is 14.8 Å². The van der Waals surface area contributed by atoms with Crippen LogP contribution in [0.2, 0.25) is 0 Å². The molecular weight excluding hydrogens is 350 g/mol. The van der Waals surface area contributed by atoms with Gasteiger partial charge in [0.1, 0.15) is 17.2 Å². The molecule has 0 heterocycles. The van der Waals surface area contributed by atoms with Gasteiger partial charge in [0.25, 0.3) is 0 Å². The van der Waals surface area contributed by atoms with Gasteiger partial charge in [0.15, 0.2) is 0 Å². The van der Waals surface area contributed by atoms with Crippen molar-refractivity contribution < 1.29 is 23.1 Å². The van der Waals surface area contributed by atoms with E-state index in [0.717, 1.165) is 4.31 Å². The SMILES string of the molecule is COc1ccc(Br)cc1S(=O)(=O)N(CC(=O)O)C1CC1. The van der Waals surface area contributed by atoms with Gasteiger partial charge in [0.2, 0.25) is 10.0 Å². The highest BCUT2D eigenvalue weighted by Crippen LogP contribution is 2.35. The highest BCUT2D eigenvalue weighted by atomic mass is 79.9. The summed E-state index contributed by atoms with van der Waals surface area (Å²) in [6.45, 7) is -0.539. The van der Waals surface area contributed by atoms with Gasteiger partial charge >= 0.3 is 5.97 Å². The van der Waals surface area contributed by atoms with E-state index in [1.54, 1.807) is 6.07 Å². The molecule has 1 saturated carbocycles. The second-order valence-corrected chi connectivity index (χ2v) is 7.25. The third-order valence-corrected chi connectivity index (χ3v) is 5.37. The van der Waals surface area contributed by atoms with Crippen LogP contribution in [0.5, 0.6) is 5.75 Å². The van der Waals surface area contributed by atoms with Crippen molar-refractivity contribution in [3.05, 3.63) is 22.7 Å². The summed E-state index contributed by atoms with van der Waals surface area (Å²) >= 11 is 3.22. The maximum atomic E-state index is 12.6. The lowest BCUT2D eigenvalue weighted by Gasteiger charge is -2.21. The number of ether oxygens (including phenoxy) is 1. The van der Waals surface area contributed by atoms with Crippen molar-refractivity contribution >= 4 is 31.9 Å². The van der Waals surface area contributed by atoms with E-state index in [4.69, 9.17) is 9.84 Å². The Bertz CT molecular complexity index is 627. The van der Waals surface area contributed by atoms with Gasteiger partial charge in [-0.05, 0) is 31.0 Å². The highest BCUT2D eigenvalue weighted by molar-refractivity contribution is 9.10. The summed E-state index contributed by atoms with van der Waals surface area (Å²) in [5.41, 5.74) is 0. The Morgan fingerprint density at radius 3 is 2.65 bits per heavy atom. The Morgan fingerprint density at radius 2 is 2.15 bits per heavy atom. The molecule has 1 fully saturated rings. The number of nitrogens with zero attached hydrogens (tertiary/aromatic N) is 1. The number of halogens is 1. The maximum absolute atomic E-state index is 12.6. The van der Waals surface area contributed by atoms with Gasteiger partial charge in [-0.15, -0.1) is 0 Å². The average molecular weight is 364 g/mol. The van der Waals surface area contributed by atoms with Crippen LogP contribution in [0.4, 0.5) is 0 Å². The van der Waals surface area contributed by atoms with Crippen LogP contribution in [-0.4, -0.2) is 43.5 Å². The number of benzene rings is 1. The summed E-state index contributed by atoms with van der Waals surface area (Å²) in [6.07, 6.45) is 1.37. The predicted octanol–water partition coefficient (Wildman–Crippen LogP) is 1.70. The van der Waals surface area contributed by atoms with Gasteiger partial charge in [-0.2, -0.15) is 4.31 Å². The second-order valence-electron chi connectivity index (χ2n) is 4.47. The van der Waals surface area contributed by atoms with Gasteiger partial charge < -0.3 is 9.84 Å². The van der Waals surface area contributed by atoms with Gasteiger partial charge in [0, 0.05) is 10.5 Å². The number of methoxy groups -OCH3 is 1. The number of hydrogen-bond acceptors (Lipinski definition) is 4. The second kappa shape index (κ2) is 5.71. The molecule has 0 radical (unpaired) electrons. The standard InChI is InChI=1S/C12H14BrNO5S/c1-19-10-5-2-8(13)6-11(10)20(17,18)14(7-12(15)16)9-3-4-9/h2,5-6,9H,3-4,7H2,1H3,(H,15,16). The number of carboxylic acids is 1. The molecule has 2 rings (SSSR count). The van der Waals surface area contributed by atoms with E-state index in [2.05, 4.69) is 15.9 Å². The number of carbonyl (C=O) groups is 1. The molecule has 0 aromatic heterocycles. The lowest BCUT2D eigenvalue weighted by molar-refractivity contribution is -0.137. The number of sulfonamides is 1. The van der Waals surface area contributed by atoms with Gasteiger partial charge in [-0.25, -0.2) is 8.42 Å². The zero-order valence-corrected chi connectivity index (χ0v) is 13.1. The van der Waals surface area contributed by atoms with Crippen molar-refractivity contribution in [2.75, 3.05) is 13.7 Å². The molecule has 0 unspecified atom stereocenters. The Labute approximate surface area is 125 Å². The van der Waals surface area contributed by atoms with Crippen LogP contribution in [0.15, 0.2) is 27.6 Å². The Hall–Kier alpha value is -1.12. The molecule has 110 valence electrons. The van der Waals surface area contributed by atoms with Crippen LogP contribution < -0.4 is 4.74 Å². The Kier molecular flexibility index (Phi) is 4.36.